The monoisotopic (exact) mass is 332 g/mol. The Balaban J connectivity index is 2.16. The maximum Gasteiger partial charge on any atom is 0.326 e. The van der Waals surface area contributed by atoms with Crippen molar-refractivity contribution < 1.29 is 24.6 Å². The van der Waals surface area contributed by atoms with E-state index < -0.39 is 23.9 Å². The molecule has 0 bridgehead atoms. The molecule has 1 atom stereocenters. The van der Waals surface area contributed by atoms with E-state index in [9.17, 15) is 14.4 Å². The van der Waals surface area contributed by atoms with Gasteiger partial charge in [-0.25, -0.2) is 14.5 Å². The molecule has 2 heterocycles. The lowest BCUT2D eigenvalue weighted by Crippen LogP contribution is -2.41. The van der Waals surface area contributed by atoms with Crippen molar-refractivity contribution in [2.24, 2.45) is 0 Å². The molecule has 9 heteroatoms. The lowest BCUT2D eigenvalue weighted by molar-refractivity contribution is -0.140. The summed E-state index contributed by atoms with van der Waals surface area (Å²) in [6, 6.07) is 3.95. The normalized spacial score (nSPS) is 11.7. The Kier molecular flexibility index (Phi) is 5.25. The second-order valence-corrected chi connectivity index (χ2v) is 5.04. The lowest BCUT2D eigenvalue weighted by Gasteiger charge is -2.13. The van der Waals surface area contributed by atoms with Gasteiger partial charge in [0.2, 0.25) is 0 Å². The molecule has 0 saturated carbocycles. The van der Waals surface area contributed by atoms with Gasteiger partial charge in [-0.05, 0) is 25.5 Å². The number of hydrogen-bond donors (Lipinski definition) is 3. The zero-order valence-electron chi connectivity index (χ0n) is 12.8. The molecule has 0 saturated heterocycles. The summed E-state index contributed by atoms with van der Waals surface area (Å²) in [5.41, 5.74) is 0.691. The molecule has 0 aliphatic heterocycles. The molecule has 2 aromatic heterocycles. The van der Waals surface area contributed by atoms with Crippen LogP contribution >= 0.6 is 0 Å². The van der Waals surface area contributed by atoms with Crippen molar-refractivity contribution in [2.45, 2.75) is 25.8 Å². The zero-order chi connectivity index (χ0) is 17.7. The summed E-state index contributed by atoms with van der Waals surface area (Å²) in [7, 11) is 0. The van der Waals surface area contributed by atoms with Crippen LogP contribution in [0.15, 0.2) is 30.6 Å². The molecule has 9 nitrogen and oxygen atoms in total. The predicted octanol–water partition coefficient (Wildman–Crippen LogP) is 0.624. The fourth-order valence-corrected chi connectivity index (χ4v) is 2.10. The first-order chi connectivity index (χ1) is 11.4. The van der Waals surface area contributed by atoms with Gasteiger partial charge in [0.1, 0.15) is 6.04 Å². The highest BCUT2D eigenvalue weighted by atomic mass is 16.4. The highest BCUT2D eigenvalue weighted by molar-refractivity contribution is 5.97. The molecule has 1 amide bonds. The van der Waals surface area contributed by atoms with Gasteiger partial charge in [-0.15, -0.1) is 0 Å². The molecule has 0 radical (unpaired) electrons. The summed E-state index contributed by atoms with van der Waals surface area (Å²) in [5, 5.41) is 24.1. The van der Waals surface area contributed by atoms with Crippen molar-refractivity contribution >= 4 is 17.8 Å². The van der Waals surface area contributed by atoms with Gasteiger partial charge >= 0.3 is 11.9 Å². The van der Waals surface area contributed by atoms with Crippen LogP contribution in [0.5, 0.6) is 0 Å². The third-order valence-corrected chi connectivity index (χ3v) is 3.37. The van der Waals surface area contributed by atoms with Gasteiger partial charge in [-0.3, -0.25) is 9.59 Å². The topological polar surface area (TPSA) is 134 Å². The van der Waals surface area contributed by atoms with Crippen LogP contribution in [0.4, 0.5) is 0 Å². The van der Waals surface area contributed by atoms with E-state index in [0.29, 0.717) is 11.5 Å². The Morgan fingerprint density at radius 1 is 1.29 bits per heavy atom. The zero-order valence-corrected chi connectivity index (χ0v) is 12.8. The third-order valence-electron chi connectivity index (χ3n) is 3.37. The van der Waals surface area contributed by atoms with Crippen molar-refractivity contribution in [1.82, 2.24) is 20.1 Å². The van der Waals surface area contributed by atoms with Crippen LogP contribution in [0.1, 0.15) is 28.9 Å². The van der Waals surface area contributed by atoms with E-state index in [1.165, 1.54) is 10.9 Å². The van der Waals surface area contributed by atoms with Crippen molar-refractivity contribution in [3.63, 3.8) is 0 Å². The number of nitrogens with zero attached hydrogens (tertiary/aromatic N) is 3. The summed E-state index contributed by atoms with van der Waals surface area (Å²) in [6.45, 7) is 1.66. The van der Waals surface area contributed by atoms with Gasteiger partial charge in [0.15, 0.2) is 5.82 Å². The Labute approximate surface area is 136 Å². The van der Waals surface area contributed by atoms with E-state index in [4.69, 9.17) is 10.2 Å². The summed E-state index contributed by atoms with van der Waals surface area (Å²) in [6.07, 6.45) is 2.34. The number of carbonyl (C=O) groups is 3. The second kappa shape index (κ2) is 7.36. The van der Waals surface area contributed by atoms with E-state index >= 15 is 0 Å². The number of amides is 1. The summed E-state index contributed by atoms with van der Waals surface area (Å²) >= 11 is 0. The van der Waals surface area contributed by atoms with Crippen LogP contribution in [-0.2, 0) is 9.59 Å². The standard InChI is InChI=1S/C15H16N4O5/c1-9-10(8-17-19(9)12-4-2-3-7-16-12)14(22)18-11(15(23)24)5-6-13(20)21/h2-4,7-8,11H,5-6H2,1H3,(H,18,22)(H,20,21)(H,23,24). The van der Waals surface area contributed by atoms with Crippen LogP contribution in [-0.4, -0.2) is 48.9 Å². The van der Waals surface area contributed by atoms with Gasteiger partial charge in [0, 0.05) is 12.6 Å². The molecule has 126 valence electrons. The SMILES string of the molecule is Cc1c(C(=O)NC(CCC(=O)O)C(=O)O)cnn1-c1ccccn1. The average molecular weight is 332 g/mol. The maximum atomic E-state index is 12.3. The molecule has 0 spiro atoms. The molecule has 0 aromatic carbocycles. The van der Waals surface area contributed by atoms with Crippen molar-refractivity contribution in [1.29, 1.82) is 0 Å². The van der Waals surface area contributed by atoms with Crippen LogP contribution in [0.3, 0.4) is 0 Å². The minimum atomic E-state index is -1.29. The van der Waals surface area contributed by atoms with Gasteiger partial charge in [0.25, 0.3) is 5.91 Å². The quantitative estimate of drug-likeness (QED) is 0.676. The predicted molar refractivity (Wildman–Crippen MR) is 81.9 cm³/mol. The van der Waals surface area contributed by atoms with Gasteiger partial charge in [-0.1, -0.05) is 6.07 Å². The molecular formula is C15H16N4O5. The van der Waals surface area contributed by atoms with E-state index in [-0.39, 0.29) is 18.4 Å². The van der Waals surface area contributed by atoms with E-state index in [2.05, 4.69) is 15.4 Å². The van der Waals surface area contributed by atoms with Crippen LogP contribution < -0.4 is 5.32 Å². The number of pyridine rings is 1. The number of aliphatic carboxylic acids is 2. The minimum absolute atomic E-state index is 0.197. The van der Waals surface area contributed by atoms with Gasteiger partial charge in [0.05, 0.1) is 17.5 Å². The molecule has 0 aliphatic carbocycles. The van der Waals surface area contributed by atoms with Crippen molar-refractivity contribution in [3.8, 4) is 5.82 Å². The largest absolute Gasteiger partial charge is 0.481 e. The smallest absolute Gasteiger partial charge is 0.326 e. The maximum absolute atomic E-state index is 12.3. The fraction of sp³-hybridized carbons (Fsp3) is 0.267. The first kappa shape index (κ1) is 17.1. The summed E-state index contributed by atoms with van der Waals surface area (Å²) in [5.74, 6) is -2.53. The first-order valence-corrected chi connectivity index (χ1v) is 7.11. The number of rotatable bonds is 7. The van der Waals surface area contributed by atoms with E-state index in [1.807, 2.05) is 0 Å². The first-order valence-electron chi connectivity index (χ1n) is 7.11. The highest BCUT2D eigenvalue weighted by Gasteiger charge is 2.24. The van der Waals surface area contributed by atoms with E-state index in [1.54, 1.807) is 31.3 Å². The summed E-state index contributed by atoms with van der Waals surface area (Å²) < 4.78 is 1.46. The van der Waals surface area contributed by atoms with E-state index in [0.717, 1.165) is 0 Å². The minimum Gasteiger partial charge on any atom is -0.481 e. The van der Waals surface area contributed by atoms with Crippen molar-refractivity contribution in [3.05, 3.63) is 41.9 Å². The fourth-order valence-electron chi connectivity index (χ4n) is 2.10. The number of carboxylic acids is 2. The molecule has 1 unspecified atom stereocenters. The Hall–Kier alpha value is -3.23. The van der Waals surface area contributed by atoms with Gasteiger partial charge in [-0.2, -0.15) is 5.10 Å². The average Bonchev–Trinajstić information content (AvgIpc) is 2.93. The summed E-state index contributed by atoms with van der Waals surface area (Å²) in [4.78, 5) is 38.1. The number of carbonyl (C=O) groups excluding carboxylic acids is 1. The molecular weight excluding hydrogens is 316 g/mol. The molecule has 3 N–H and O–H groups in total. The highest BCUT2D eigenvalue weighted by Crippen LogP contribution is 2.12. The van der Waals surface area contributed by atoms with Crippen molar-refractivity contribution in [2.75, 3.05) is 0 Å². The third kappa shape index (κ3) is 3.94. The Bertz CT molecular complexity index is 756. The van der Waals surface area contributed by atoms with Crippen LogP contribution in [0, 0.1) is 6.92 Å². The molecule has 0 fully saturated rings. The number of hydrogen-bond acceptors (Lipinski definition) is 5. The number of carboxylic acid groups (broad SMARTS) is 2. The second-order valence-electron chi connectivity index (χ2n) is 5.04. The molecule has 0 aliphatic rings. The molecule has 2 rings (SSSR count). The Morgan fingerprint density at radius 2 is 2.04 bits per heavy atom. The number of nitrogens with one attached hydrogen (secondary N) is 1. The van der Waals surface area contributed by atoms with Crippen LogP contribution in [0.2, 0.25) is 0 Å². The molecule has 24 heavy (non-hydrogen) atoms. The van der Waals surface area contributed by atoms with Gasteiger partial charge < -0.3 is 15.5 Å². The molecule has 2 aromatic rings. The Morgan fingerprint density at radius 3 is 2.62 bits per heavy atom. The van der Waals surface area contributed by atoms with Crippen LogP contribution in [0.25, 0.3) is 5.82 Å². The number of aromatic nitrogens is 3. The lowest BCUT2D eigenvalue weighted by atomic mass is 10.1.